The van der Waals surface area contributed by atoms with Crippen LogP contribution in [-0.2, 0) is 0 Å². The maximum absolute atomic E-state index is 11.9. The molecule has 0 atom stereocenters. The van der Waals surface area contributed by atoms with E-state index in [1.165, 1.54) is 0 Å². The van der Waals surface area contributed by atoms with Crippen LogP contribution in [0.3, 0.4) is 0 Å². The first-order chi connectivity index (χ1) is 8.54. The lowest BCUT2D eigenvalue weighted by Crippen LogP contribution is -2.41. The molecule has 1 saturated carbocycles. The number of rotatable bonds is 3. The molecule has 2 amide bonds. The van der Waals surface area contributed by atoms with Crippen molar-refractivity contribution in [3.05, 3.63) is 24.3 Å². The van der Waals surface area contributed by atoms with Crippen molar-refractivity contribution >= 4 is 17.4 Å². The lowest BCUT2D eigenvalue weighted by atomic mass is 9.82. The van der Waals surface area contributed by atoms with Gasteiger partial charge >= 0.3 is 6.03 Å². The third-order valence-electron chi connectivity index (χ3n) is 3.25. The average molecular weight is 249 g/mol. The molecule has 0 saturated heterocycles. The molecule has 4 N–H and O–H groups in total. The molecule has 0 heterocycles. The number of nitrogens with zero attached hydrogens (tertiary/aromatic N) is 1. The topological polar surface area (TPSA) is 78.6 Å². The summed E-state index contributed by atoms with van der Waals surface area (Å²) in [5, 5.41) is 12.0. The van der Waals surface area contributed by atoms with Crippen LogP contribution in [0.25, 0.3) is 0 Å². The predicted molar refractivity (Wildman–Crippen MR) is 71.2 cm³/mol. The lowest BCUT2D eigenvalue weighted by Gasteiger charge is -2.34. The molecule has 0 bridgehead atoms. The molecule has 1 aliphatic rings. The van der Waals surface area contributed by atoms with Crippen LogP contribution < -0.4 is 11.1 Å². The molecule has 1 aromatic carbocycles. The van der Waals surface area contributed by atoms with E-state index in [1.807, 2.05) is 0 Å². The van der Waals surface area contributed by atoms with Gasteiger partial charge < -0.3 is 21.1 Å². The van der Waals surface area contributed by atoms with Crippen LogP contribution in [0.2, 0.25) is 0 Å². The van der Waals surface area contributed by atoms with Crippen LogP contribution >= 0.6 is 0 Å². The zero-order chi connectivity index (χ0) is 13.1. The van der Waals surface area contributed by atoms with Crippen LogP contribution in [0.4, 0.5) is 16.2 Å². The van der Waals surface area contributed by atoms with Gasteiger partial charge in [0.15, 0.2) is 0 Å². The Labute approximate surface area is 107 Å². The number of carbonyl (C=O) groups is 1. The van der Waals surface area contributed by atoms with Crippen molar-refractivity contribution in [2.24, 2.45) is 5.92 Å². The summed E-state index contributed by atoms with van der Waals surface area (Å²) in [4.78, 5) is 13.5. The van der Waals surface area contributed by atoms with Crippen LogP contribution in [-0.4, -0.2) is 35.7 Å². The van der Waals surface area contributed by atoms with Gasteiger partial charge in [-0.25, -0.2) is 4.79 Å². The summed E-state index contributed by atoms with van der Waals surface area (Å²) < 4.78 is 0. The van der Waals surface area contributed by atoms with Crippen LogP contribution in [0.15, 0.2) is 24.3 Å². The first kappa shape index (κ1) is 12.7. The Morgan fingerprint density at radius 2 is 2.06 bits per heavy atom. The summed E-state index contributed by atoms with van der Waals surface area (Å²) >= 11 is 0. The Balaban J connectivity index is 1.81. The number of hydrogen-bond donors (Lipinski definition) is 3. The Kier molecular flexibility index (Phi) is 3.72. The van der Waals surface area contributed by atoms with E-state index in [-0.39, 0.29) is 12.1 Å². The average Bonchev–Trinajstić information content (AvgIpc) is 2.30. The van der Waals surface area contributed by atoms with E-state index in [9.17, 15) is 9.90 Å². The largest absolute Gasteiger partial charge is 0.399 e. The first-order valence-corrected chi connectivity index (χ1v) is 6.10. The molecule has 1 aliphatic carbocycles. The number of anilines is 2. The molecule has 2 rings (SSSR count). The van der Waals surface area contributed by atoms with Crippen molar-refractivity contribution in [2.75, 3.05) is 24.6 Å². The second-order valence-electron chi connectivity index (χ2n) is 4.92. The molecule has 1 aromatic rings. The molecule has 0 radical (unpaired) electrons. The number of benzene rings is 1. The Bertz CT molecular complexity index is 413. The van der Waals surface area contributed by atoms with Crippen LogP contribution in [0.1, 0.15) is 12.8 Å². The second kappa shape index (κ2) is 5.27. The number of amides is 2. The van der Waals surface area contributed by atoms with Crippen molar-refractivity contribution in [3.8, 4) is 0 Å². The standard InChI is InChI=1S/C13H19N3O2/c1-16(8-9-6-12(17)7-9)13(18)15-11-4-2-10(14)3-5-11/h2-5,9,12,17H,6-8,14H2,1H3,(H,15,18). The normalized spacial score (nSPS) is 22.1. The minimum Gasteiger partial charge on any atom is -0.399 e. The lowest BCUT2D eigenvalue weighted by molar-refractivity contribution is 0.0332. The van der Waals surface area contributed by atoms with Gasteiger partial charge in [-0.1, -0.05) is 0 Å². The van der Waals surface area contributed by atoms with E-state index in [0.717, 1.165) is 18.5 Å². The molecule has 18 heavy (non-hydrogen) atoms. The minimum atomic E-state index is -0.177. The number of nitrogen functional groups attached to an aromatic ring is 1. The van der Waals surface area contributed by atoms with Crippen molar-refractivity contribution in [2.45, 2.75) is 18.9 Å². The molecule has 0 aliphatic heterocycles. The van der Waals surface area contributed by atoms with Gasteiger partial charge in [0.1, 0.15) is 0 Å². The monoisotopic (exact) mass is 249 g/mol. The summed E-state index contributed by atoms with van der Waals surface area (Å²) in [7, 11) is 1.76. The number of nitrogens with one attached hydrogen (secondary N) is 1. The fraction of sp³-hybridized carbons (Fsp3) is 0.462. The number of nitrogens with two attached hydrogens (primary N) is 1. The van der Waals surface area contributed by atoms with E-state index in [4.69, 9.17) is 5.73 Å². The number of urea groups is 1. The highest BCUT2D eigenvalue weighted by molar-refractivity contribution is 5.89. The maximum Gasteiger partial charge on any atom is 0.321 e. The zero-order valence-electron chi connectivity index (χ0n) is 10.5. The second-order valence-corrected chi connectivity index (χ2v) is 4.92. The quantitative estimate of drug-likeness (QED) is 0.710. The van der Waals surface area contributed by atoms with E-state index in [1.54, 1.807) is 36.2 Å². The Morgan fingerprint density at radius 3 is 2.61 bits per heavy atom. The molecule has 5 nitrogen and oxygen atoms in total. The SMILES string of the molecule is CN(CC1CC(O)C1)C(=O)Nc1ccc(N)cc1. The highest BCUT2D eigenvalue weighted by atomic mass is 16.3. The zero-order valence-corrected chi connectivity index (χ0v) is 10.5. The number of carbonyl (C=O) groups excluding carboxylic acids is 1. The maximum atomic E-state index is 11.9. The molecular formula is C13H19N3O2. The Morgan fingerprint density at radius 1 is 1.44 bits per heavy atom. The summed E-state index contributed by atoms with van der Waals surface area (Å²) in [6.07, 6.45) is 1.41. The molecule has 5 heteroatoms. The van der Waals surface area contributed by atoms with Crippen molar-refractivity contribution in [1.82, 2.24) is 4.90 Å². The highest BCUT2D eigenvalue weighted by Gasteiger charge is 2.29. The van der Waals surface area contributed by atoms with Crippen molar-refractivity contribution < 1.29 is 9.90 Å². The van der Waals surface area contributed by atoms with Gasteiger partial charge in [-0.15, -0.1) is 0 Å². The molecule has 0 aromatic heterocycles. The highest BCUT2D eigenvalue weighted by Crippen LogP contribution is 2.27. The van der Waals surface area contributed by atoms with Crippen LogP contribution in [0, 0.1) is 5.92 Å². The fourth-order valence-electron chi connectivity index (χ4n) is 2.11. The van der Waals surface area contributed by atoms with Gasteiger partial charge in [-0.3, -0.25) is 0 Å². The summed E-state index contributed by atoms with van der Waals surface area (Å²) in [6.45, 7) is 0.678. The number of hydrogen-bond acceptors (Lipinski definition) is 3. The van der Waals surface area contributed by atoms with Gasteiger partial charge in [-0.2, -0.15) is 0 Å². The third kappa shape index (κ3) is 3.13. The number of aliphatic hydroxyl groups is 1. The van der Waals surface area contributed by atoms with E-state index < -0.39 is 0 Å². The smallest absolute Gasteiger partial charge is 0.321 e. The Hall–Kier alpha value is -1.75. The van der Waals surface area contributed by atoms with Gasteiger partial charge in [0.05, 0.1) is 6.10 Å². The summed E-state index contributed by atoms with van der Waals surface area (Å²) in [5.41, 5.74) is 6.98. The van der Waals surface area contributed by atoms with E-state index >= 15 is 0 Å². The summed E-state index contributed by atoms with van der Waals surface area (Å²) in [6, 6.07) is 6.90. The fourth-order valence-corrected chi connectivity index (χ4v) is 2.11. The summed E-state index contributed by atoms with van der Waals surface area (Å²) in [5.74, 6) is 0.419. The van der Waals surface area contributed by atoms with Gasteiger partial charge in [0.2, 0.25) is 0 Å². The molecule has 0 spiro atoms. The van der Waals surface area contributed by atoms with E-state index in [2.05, 4.69) is 5.32 Å². The van der Waals surface area contributed by atoms with Gasteiger partial charge in [0.25, 0.3) is 0 Å². The van der Waals surface area contributed by atoms with Gasteiger partial charge in [0, 0.05) is 25.0 Å². The molecule has 0 unspecified atom stereocenters. The van der Waals surface area contributed by atoms with Gasteiger partial charge in [-0.05, 0) is 43.0 Å². The molecule has 98 valence electrons. The third-order valence-corrected chi connectivity index (χ3v) is 3.25. The predicted octanol–water partition coefficient (Wildman–Crippen LogP) is 1.50. The number of aliphatic hydroxyl groups excluding tert-OH is 1. The molecule has 1 fully saturated rings. The van der Waals surface area contributed by atoms with Crippen molar-refractivity contribution in [3.63, 3.8) is 0 Å². The van der Waals surface area contributed by atoms with Crippen LogP contribution in [0.5, 0.6) is 0 Å². The first-order valence-electron chi connectivity index (χ1n) is 6.10. The van der Waals surface area contributed by atoms with E-state index in [0.29, 0.717) is 18.2 Å². The minimum absolute atomic E-state index is 0.138. The molecular weight excluding hydrogens is 230 g/mol. The van der Waals surface area contributed by atoms with Crippen molar-refractivity contribution in [1.29, 1.82) is 0 Å².